The van der Waals surface area contributed by atoms with Gasteiger partial charge in [-0.15, -0.1) is 0 Å². The molecule has 17 heteroatoms. The minimum Gasteiger partial charge on any atom is -0.508 e. The van der Waals surface area contributed by atoms with Crippen molar-refractivity contribution in [3.05, 3.63) is 119 Å². The van der Waals surface area contributed by atoms with Crippen LogP contribution in [0.2, 0.25) is 0 Å². The third-order valence-electron chi connectivity index (χ3n) is 25.2. The van der Waals surface area contributed by atoms with E-state index in [-0.39, 0.29) is 68.7 Å². The van der Waals surface area contributed by atoms with E-state index in [4.69, 9.17) is 14.2 Å². The van der Waals surface area contributed by atoms with Crippen LogP contribution in [0, 0.1) is 52.8 Å². The summed E-state index contributed by atoms with van der Waals surface area (Å²) in [5.41, 5.74) is 1.01. The van der Waals surface area contributed by atoms with Gasteiger partial charge in [0.1, 0.15) is 18.0 Å². The van der Waals surface area contributed by atoms with Crippen molar-refractivity contribution in [2.45, 2.75) is 159 Å². The predicted octanol–water partition coefficient (Wildman–Crippen LogP) is 10.2. The van der Waals surface area contributed by atoms with Crippen LogP contribution in [0.25, 0.3) is 32.4 Å². The van der Waals surface area contributed by atoms with Gasteiger partial charge in [-0.2, -0.15) is 0 Å². The minimum atomic E-state index is -2.69. The molecule has 5 aromatic carbocycles. The van der Waals surface area contributed by atoms with E-state index in [2.05, 4.69) is 76.3 Å². The molecule has 86 heavy (non-hydrogen) atoms. The quantitative estimate of drug-likeness (QED) is 0.0271. The number of fused-ring (bicyclic) bond motifs is 4. The lowest BCUT2D eigenvalue weighted by Crippen LogP contribution is -2.80. The van der Waals surface area contributed by atoms with Crippen LogP contribution in [0.4, 0.5) is 0 Å². The van der Waals surface area contributed by atoms with E-state index in [1.807, 2.05) is 75.8 Å². The number of H-pyrrole nitrogens is 1. The number of aromatic nitrogens is 1. The van der Waals surface area contributed by atoms with Gasteiger partial charge in [0.15, 0.2) is 17.5 Å². The highest BCUT2D eigenvalue weighted by Gasteiger charge is 2.85. The number of hydrogen-bond acceptors (Lipinski definition) is 16. The van der Waals surface area contributed by atoms with Gasteiger partial charge in [-0.05, 0) is 181 Å². The first-order valence-corrected chi connectivity index (χ1v) is 36.9. The molecule has 9 bridgehead atoms. The number of aromatic amines is 1. The second-order valence-electron chi connectivity index (χ2n) is 28.2. The van der Waals surface area contributed by atoms with Crippen LogP contribution >= 0.6 is 43.2 Å². The number of benzene rings is 5. The van der Waals surface area contributed by atoms with E-state index in [1.54, 1.807) is 10.8 Å². The van der Waals surface area contributed by atoms with Crippen LogP contribution in [0.5, 0.6) is 11.5 Å². The normalized spacial score (nSPS) is 42.2. The van der Waals surface area contributed by atoms with Gasteiger partial charge in [0.05, 0.1) is 35.4 Å². The van der Waals surface area contributed by atoms with Crippen LogP contribution in [0.3, 0.4) is 0 Å². The SMILES string of the molecule is CN[C@@H]1CSS[C@@H]2CSS[C@H](CNCCC3(c4ccccc4)CCCC3)[C@@H]3C[C@@H]4[C@H]5C[C@H]1[C@@H](O)[C@@]1(CC[C@H]6C[C@@H]7CC[C@@H]8[C@@H]2c2cc(O)ccc2[C@@]61[C@H]78)[C@@H]5O[C@H]1[C@H](C(=O)Oc2c(CO)[nH]c5ccc6cc7ccccc7cc6c25)O[C@@](O)([C@H]3O)[C@@]41O. The fourth-order valence-electron chi connectivity index (χ4n) is 22.1. The monoisotopic (exact) mass is 1240 g/mol. The molecular formula is C69H79N3O10S4. The third-order valence-corrected chi connectivity index (χ3v) is 31.3. The Labute approximate surface area is 517 Å². The number of aromatic hydroxyl groups is 1. The predicted molar refractivity (Wildman–Crippen MR) is 340 cm³/mol. The summed E-state index contributed by atoms with van der Waals surface area (Å²) in [6.45, 7) is 0.807. The lowest BCUT2D eigenvalue weighted by atomic mass is 9.39. The Morgan fingerprint density at radius 2 is 1.60 bits per heavy atom. The van der Waals surface area contributed by atoms with Crippen molar-refractivity contribution in [1.29, 1.82) is 0 Å². The molecule has 7 aliphatic heterocycles. The lowest BCUT2D eigenvalue weighted by molar-refractivity contribution is -0.381. The molecule has 6 aromatic rings. The summed E-state index contributed by atoms with van der Waals surface area (Å²) in [4.78, 5) is 19.3. The van der Waals surface area contributed by atoms with Crippen molar-refractivity contribution in [3.8, 4) is 11.5 Å². The molecule has 0 amide bonds. The molecule has 9 N–H and O–H groups in total. The Morgan fingerprint density at radius 3 is 2.42 bits per heavy atom. The van der Waals surface area contributed by atoms with Crippen molar-refractivity contribution in [3.63, 3.8) is 0 Å². The number of phenolic OH excluding ortho intramolecular Hbond substituents is 1. The van der Waals surface area contributed by atoms with Gasteiger partial charge >= 0.3 is 5.97 Å². The highest BCUT2D eigenvalue weighted by molar-refractivity contribution is 8.78. The average Bonchev–Trinajstić information content (AvgIpc) is 1.42. The summed E-state index contributed by atoms with van der Waals surface area (Å²) in [5.74, 6) is -2.52. The minimum absolute atomic E-state index is 0.0746. The van der Waals surface area contributed by atoms with Crippen molar-refractivity contribution in [2.24, 2.45) is 52.8 Å². The number of aliphatic hydroxyl groups is 5. The van der Waals surface area contributed by atoms with Crippen molar-refractivity contribution in [2.75, 3.05) is 31.6 Å². The van der Waals surface area contributed by atoms with Crippen LogP contribution in [-0.2, 0) is 31.7 Å². The number of carbonyl (C=O) groups excluding carboxylic acids is 1. The standard InChI is InChI=1S/C69H79N3O10S4/c1-70-52-33-83-86-54-34-84-85-53(31-71-24-23-65(20-7-8-21-65)39-11-3-2-4-12-39)47-30-49-45-29-46(52)60(75)66(22-19-40-26-38-13-16-42-55(54)44-28-41(74)15-17-48(44)67(40,66)57(38)42)62(45)81-63-59(82-69(79,61(47)76)68(49,63)78)64(77)80-58-51(32-73)72-50-18-14-37-25-35-9-5-6-10-36(35)27-43(37)56(50)58/h2-6,9-12,14-15,17-18,25,27-28,38,40,42,45-47,49,52-55,57,59-63,70-76,78-79H,7-8,13,16,19-24,26,29-34H2,1H3/t38-,40-,42+,45+,46+,47-,49+,52+,53+,54+,55+,57+,59+,60+,61-,62+,63-,66-,67+,68+,69-/m0/s1. The van der Waals surface area contributed by atoms with Crippen LogP contribution in [-0.4, -0.2) is 132 Å². The Morgan fingerprint density at radius 1 is 0.802 bits per heavy atom. The Hall–Kier alpha value is -3.53. The summed E-state index contributed by atoms with van der Waals surface area (Å²) in [6.07, 6.45) is 4.69. The lowest BCUT2D eigenvalue weighted by Gasteiger charge is -2.69. The Balaban J connectivity index is 0.841. The first kappa shape index (κ1) is 56.5. The number of phenols is 1. The molecular weight excluding hydrogens is 1160 g/mol. The number of rotatable bonds is 10. The van der Waals surface area contributed by atoms with Crippen LogP contribution in [0.1, 0.15) is 105 Å². The molecule has 13 nitrogen and oxygen atoms in total. The van der Waals surface area contributed by atoms with Gasteiger partial charge in [0.2, 0.25) is 5.79 Å². The molecule has 1 aromatic heterocycles. The molecule has 0 radical (unpaired) electrons. The molecule has 8 heterocycles. The van der Waals surface area contributed by atoms with E-state index in [9.17, 15) is 30.6 Å². The Bertz CT molecular complexity index is 3660. The molecule has 6 saturated carbocycles. The van der Waals surface area contributed by atoms with Crippen molar-refractivity contribution >= 4 is 81.6 Å². The van der Waals surface area contributed by atoms with E-state index < -0.39 is 83.1 Å². The molecule has 454 valence electrons. The second kappa shape index (κ2) is 20.7. The van der Waals surface area contributed by atoms with E-state index in [0.717, 1.165) is 84.5 Å². The summed E-state index contributed by atoms with van der Waals surface area (Å²) in [7, 11) is 9.52. The van der Waals surface area contributed by atoms with Crippen molar-refractivity contribution in [1.82, 2.24) is 15.6 Å². The number of hydrogen-bond donors (Lipinski definition) is 9. The summed E-state index contributed by atoms with van der Waals surface area (Å²) in [5, 5.41) is 90.9. The molecule has 7 aliphatic carbocycles. The first-order chi connectivity index (χ1) is 41.9. The number of ether oxygens (including phenoxy) is 3. The molecule has 0 unspecified atom stereocenters. The fraction of sp³-hybridized carbons (Fsp3) is 0.580. The largest absolute Gasteiger partial charge is 0.508 e. The Kier molecular flexibility index (Phi) is 13.6. The smallest absolute Gasteiger partial charge is 0.343 e. The number of esters is 1. The number of aliphatic hydroxyl groups excluding tert-OH is 3. The fourth-order valence-corrected chi connectivity index (χ4v) is 29.1. The van der Waals surface area contributed by atoms with Crippen LogP contribution < -0.4 is 15.4 Å². The number of carbonyl (C=O) groups is 1. The topological polar surface area (TPSA) is 206 Å². The van der Waals surface area contributed by atoms with E-state index in [0.29, 0.717) is 42.6 Å². The molecule has 5 saturated heterocycles. The van der Waals surface area contributed by atoms with E-state index >= 15 is 4.79 Å². The zero-order valence-electron chi connectivity index (χ0n) is 48.5. The summed E-state index contributed by atoms with van der Waals surface area (Å²) in [6, 6.07) is 33.2. The van der Waals surface area contributed by atoms with Gasteiger partial charge in [-0.1, -0.05) is 123 Å². The highest BCUT2D eigenvalue weighted by Crippen LogP contribution is 2.82. The van der Waals surface area contributed by atoms with Crippen molar-refractivity contribution < 1.29 is 49.6 Å². The maximum Gasteiger partial charge on any atom is 0.343 e. The molecule has 21 atom stereocenters. The van der Waals surface area contributed by atoms with Gasteiger partial charge in [-0.25, -0.2) is 4.79 Å². The maximum absolute atomic E-state index is 15.9. The molecule has 2 spiro atoms. The van der Waals surface area contributed by atoms with Gasteiger partial charge in [0, 0.05) is 69.1 Å². The summed E-state index contributed by atoms with van der Waals surface area (Å²) < 4.78 is 21.5. The first-order valence-electron chi connectivity index (χ1n) is 32.1. The third kappa shape index (κ3) is 7.61. The van der Waals surface area contributed by atoms with Gasteiger partial charge in [-0.3, -0.25) is 0 Å². The van der Waals surface area contributed by atoms with Gasteiger partial charge < -0.3 is 60.5 Å². The molecule has 20 rings (SSSR count). The second-order valence-corrected chi connectivity index (χ2v) is 33.5. The van der Waals surface area contributed by atoms with Gasteiger partial charge in [0.25, 0.3) is 0 Å². The zero-order valence-corrected chi connectivity index (χ0v) is 51.8. The van der Waals surface area contributed by atoms with Crippen LogP contribution in [0.15, 0.2) is 97.1 Å². The summed E-state index contributed by atoms with van der Waals surface area (Å²) >= 11 is 0. The zero-order chi connectivity index (χ0) is 58.2. The average molecular weight is 1240 g/mol. The van der Waals surface area contributed by atoms with E-state index in [1.165, 1.54) is 29.5 Å². The number of nitrogens with one attached hydrogen (secondary N) is 3. The molecule has 11 fully saturated rings. The maximum atomic E-state index is 15.9. The highest BCUT2D eigenvalue weighted by atomic mass is 33.1. The molecule has 14 aliphatic rings.